The number of alkyl halides is 1. The van der Waals surface area contributed by atoms with Crippen LogP contribution in [0.25, 0.3) is 0 Å². The van der Waals surface area contributed by atoms with Gasteiger partial charge in [-0.3, -0.25) is 4.79 Å². The van der Waals surface area contributed by atoms with Gasteiger partial charge in [0.05, 0.1) is 12.0 Å². The number of halogens is 1. The van der Waals surface area contributed by atoms with E-state index in [1.807, 2.05) is 13.8 Å². The second-order valence-electron chi connectivity index (χ2n) is 2.95. The Hall–Kier alpha value is -0.280. The highest BCUT2D eigenvalue weighted by atomic mass is 35.5. The van der Waals surface area contributed by atoms with Gasteiger partial charge >= 0.3 is 0 Å². The Bertz CT molecular complexity index is 139. The van der Waals surface area contributed by atoms with Gasteiger partial charge < -0.3 is 10.1 Å². The first-order valence-corrected chi connectivity index (χ1v) is 4.42. The van der Waals surface area contributed by atoms with Crippen molar-refractivity contribution < 1.29 is 9.53 Å². The van der Waals surface area contributed by atoms with Crippen LogP contribution in [0.15, 0.2) is 0 Å². The summed E-state index contributed by atoms with van der Waals surface area (Å²) in [5.41, 5.74) is 0. The van der Waals surface area contributed by atoms with Crippen LogP contribution in [0.1, 0.15) is 13.8 Å². The van der Waals surface area contributed by atoms with E-state index < -0.39 is 0 Å². The summed E-state index contributed by atoms with van der Waals surface area (Å²) < 4.78 is 4.81. The van der Waals surface area contributed by atoms with Crippen molar-refractivity contribution in [2.24, 2.45) is 5.92 Å². The average molecular weight is 194 g/mol. The Kier molecular flexibility index (Phi) is 6.11. The molecule has 72 valence electrons. The topological polar surface area (TPSA) is 38.3 Å². The lowest BCUT2D eigenvalue weighted by Gasteiger charge is -2.11. The molecular formula is C8H16ClNO2. The van der Waals surface area contributed by atoms with Gasteiger partial charge in [0.25, 0.3) is 0 Å². The Morgan fingerprint density at radius 2 is 2.17 bits per heavy atom. The van der Waals surface area contributed by atoms with Gasteiger partial charge in [0.2, 0.25) is 5.91 Å². The lowest BCUT2D eigenvalue weighted by atomic mass is 10.2. The molecule has 0 fully saturated rings. The van der Waals surface area contributed by atoms with Crippen LogP contribution in [-0.4, -0.2) is 31.5 Å². The molecular weight excluding hydrogens is 178 g/mol. The summed E-state index contributed by atoms with van der Waals surface area (Å²) in [7, 11) is 1.58. The molecule has 12 heavy (non-hydrogen) atoms. The average Bonchev–Trinajstić information content (AvgIpc) is 2.00. The zero-order valence-electron chi connectivity index (χ0n) is 7.76. The van der Waals surface area contributed by atoms with E-state index in [2.05, 4.69) is 5.32 Å². The Labute approximate surface area is 78.4 Å². The molecule has 0 rings (SSSR count). The van der Waals surface area contributed by atoms with E-state index in [1.165, 1.54) is 0 Å². The quantitative estimate of drug-likeness (QED) is 0.662. The summed E-state index contributed by atoms with van der Waals surface area (Å²) in [5, 5.41) is 2.57. The minimum absolute atomic E-state index is 0.0106. The summed E-state index contributed by atoms with van der Waals surface area (Å²) >= 11 is 5.79. The number of amides is 1. The van der Waals surface area contributed by atoms with E-state index in [4.69, 9.17) is 16.3 Å². The van der Waals surface area contributed by atoms with Crippen LogP contribution in [0.5, 0.6) is 0 Å². The second kappa shape index (κ2) is 6.26. The number of carbonyl (C=O) groups excluding carboxylic acids is 1. The van der Waals surface area contributed by atoms with E-state index in [0.717, 1.165) is 0 Å². The van der Waals surface area contributed by atoms with Gasteiger partial charge in [-0.05, 0) is 0 Å². The van der Waals surface area contributed by atoms with Crippen LogP contribution < -0.4 is 5.32 Å². The molecule has 1 unspecified atom stereocenters. The zero-order valence-corrected chi connectivity index (χ0v) is 8.52. The van der Waals surface area contributed by atoms with Crippen LogP contribution in [-0.2, 0) is 9.53 Å². The Morgan fingerprint density at radius 1 is 1.58 bits per heavy atom. The molecule has 4 heteroatoms. The normalized spacial score (nSPS) is 13.1. The molecule has 1 amide bonds. The summed E-state index contributed by atoms with van der Waals surface area (Å²) in [6, 6.07) is 0. The molecule has 0 saturated heterocycles. The van der Waals surface area contributed by atoms with Crippen LogP contribution in [0.3, 0.4) is 0 Å². The fourth-order valence-corrected chi connectivity index (χ4v) is 0.858. The largest absolute Gasteiger partial charge is 0.383 e. The maximum Gasteiger partial charge on any atom is 0.222 e. The molecule has 0 aromatic heterocycles. The summed E-state index contributed by atoms with van der Waals surface area (Å²) in [5.74, 6) is 0.0353. The lowest BCUT2D eigenvalue weighted by Crippen LogP contribution is -2.34. The molecule has 3 nitrogen and oxygen atoms in total. The lowest BCUT2D eigenvalue weighted by molar-refractivity contribution is -0.123. The first kappa shape index (κ1) is 11.7. The first-order valence-electron chi connectivity index (χ1n) is 3.98. The van der Waals surface area contributed by atoms with Crippen molar-refractivity contribution in [2.45, 2.75) is 19.2 Å². The van der Waals surface area contributed by atoms with Gasteiger partial charge in [-0.1, -0.05) is 13.8 Å². The molecule has 1 atom stereocenters. The third-order valence-corrected chi connectivity index (χ3v) is 1.65. The third kappa shape index (κ3) is 5.38. The van der Waals surface area contributed by atoms with Crippen LogP contribution in [0, 0.1) is 5.92 Å². The van der Waals surface area contributed by atoms with E-state index in [-0.39, 0.29) is 17.2 Å². The molecule has 0 saturated carbocycles. The maximum absolute atomic E-state index is 11.0. The monoisotopic (exact) mass is 193 g/mol. The number of rotatable bonds is 5. The molecule has 0 aliphatic carbocycles. The van der Waals surface area contributed by atoms with Crippen molar-refractivity contribution in [1.82, 2.24) is 5.32 Å². The highest BCUT2D eigenvalue weighted by Crippen LogP contribution is 1.96. The van der Waals surface area contributed by atoms with Crippen molar-refractivity contribution in [3.8, 4) is 0 Å². The van der Waals surface area contributed by atoms with Gasteiger partial charge in [0.1, 0.15) is 0 Å². The van der Waals surface area contributed by atoms with Gasteiger partial charge in [-0.15, -0.1) is 11.6 Å². The van der Waals surface area contributed by atoms with Gasteiger partial charge in [0.15, 0.2) is 0 Å². The maximum atomic E-state index is 11.0. The highest BCUT2D eigenvalue weighted by Gasteiger charge is 2.09. The second-order valence-corrected chi connectivity index (χ2v) is 3.57. The van der Waals surface area contributed by atoms with Gasteiger partial charge in [-0.2, -0.15) is 0 Å². The minimum Gasteiger partial charge on any atom is -0.383 e. The predicted octanol–water partition coefficient (Wildman–Crippen LogP) is 1.01. The van der Waals surface area contributed by atoms with Crippen LogP contribution >= 0.6 is 11.6 Å². The predicted molar refractivity (Wildman–Crippen MR) is 49.4 cm³/mol. The molecule has 0 aromatic carbocycles. The number of hydrogen-bond acceptors (Lipinski definition) is 2. The number of carbonyl (C=O) groups is 1. The smallest absolute Gasteiger partial charge is 0.222 e. The molecule has 0 bridgehead atoms. The van der Waals surface area contributed by atoms with Gasteiger partial charge in [0, 0.05) is 19.6 Å². The molecule has 0 aliphatic rings. The van der Waals surface area contributed by atoms with E-state index in [1.54, 1.807) is 7.11 Å². The van der Waals surface area contributed by atoms with E-state index in [0.29, 0.717) is 13.2 Å². The van der Waals surface area contributed by atoms with Crippen molar-refractivity contribution in [3.05, 3.63) is 0 Å². The molecule has 0 heterocycles. The number of nitrogens with one attached hydrogen (secondary N) is 1. The third-order valence-electron chi connectivity index (χ3n) is 1.37. The van der Waals surface area contributed by atoms with Crippen molar-refractivity contribution in [2.75, 3.05) is 20.3 Å². The molecule has 1 N–H and O–H groups in total. The van der Waals surface area contributed by atoms with Crippen LogP contribution in [0.2, 0.25) is 0 Å². The zero-order chi connectivity index (χ0) is 9.56. The molecule has 0 aliphatic heterocycles. The Morgan fingerprint density at radius 3 is 2.58 bits per heavy atom. The molecule has 0 aromatic rings. The summed E-state index contributed by atoms with van der Waals surface area (Å²) in [4.78, 5) is 11.0. The van der Waals surface area contributed by atoms with E-state index in [9.17, 15) is 4.79 Å². The van der Waals surface area contributed by atoms with E-state index >= 15 is 0 Å². The number of methoxy groups -OCH3 is 1. The fourth-order valence-electron chi connectivity index (χ4n) is 0.655. The van der Waals surface area contributed by atoms with Gasteiger partial charge in [-0.25, -0.2) is 0 Å². The van der Waals surface area contributed by atoms with Crippen molar-refractivity contribution in [3.63, 3.8) is 0 Å². The summed E-state index contributed by atoms with van der Waals surface area (Å²) in [6.07, 6.45) is 0. The van der Waals surface area contributed by atoms with Crippen LogP contribution in [0.4, 0.5) is 0 Å². The minimum atomic E-state index is -0.141. The van der Waals surface area contributed by atoms with Crippen molar-refractivity contribution in [1.29, 1.82) is 0 Å². The Balaban J connectivity index is 3.47. The highest BCUT2D eigenvalue weighted by molar-refractivity contribution is 6.21. The molecule has 0 spiro atoms. The SMILES string of the molecule is COCC(Cl)CNC(=O)C(C)C. The molecule has 0 radical (unpaired) electrons. The number of hydrogen-bond donors (Lipinski definition) is 1. The summed E-state index contributed by atoms with van der Waals surface area (Å²) in [6.45, 7) is 4.61. The standard InChI is InChI=1S/C8H16ClNO2/c1-6(2)8(11)10-4-7(9)5-12-3/h6-7H,4-5H2,1-3H3,(H,10,11). The fraction of sp³-hybridized carbons (Fsp3) is 0.875. The first-order chi connectivity index (χ1) is 5.57. The van der Waals surface area contributed by atoms with Crippen molar-refractivity contribution >= 4 is 17.5 Å². The number of ether oxygens (including phenoxy) is 1.